The van der Waals surface area contributed by atoms with Crippen LogP contribution < -0.4 is 0 Å². The normalized spacial score (nSPS) is 24.4. The minimum atomic E-state index is -2.19. The van der Waals surface area contributed by atoms with Gasteiger partial charge in [-0.15, -0.1) is 0 Å². The van der Waals surface area contributed by atoms with Crippen LogP contribution in [0, 0.1) is 23.6 Å². The first-order chi connectivity index (χ1) is 19.6. The Morgan fingerprint density at radius 1 is 1.12 bits per heavy atom. The highest BCUT2D eigenvalue weighted by Gasteiger charge is 2.59. The van der Waals surface area contributed by atoms with Gasteiger partial charge in [0.2, 0.25) is 0 Å². The maximum atomic E-state index is 14.9. The number of benzene rings is 2. The third-order valence-corrected chi connectivity index (χ3v) is 8.71. The molecule has 7 nitrogen and oxygen atoms in total. The molecule has 1 heterocycles. The number of rotatable bonds is 7. The summed E-state index contributed by atoms with van der Waals surface area (Å²) in [4.78, 5) is 57.0. The van der Waals surface area contributed by atoms with Gasteiger partial charge in [0, 0.05) is 15.6 Å². The van der Waals surface area contributed by atoms with E-state index in [2.05, 4.69) is 36.7 Å². The van der Waals surface area contributed by atoms with Crippen LogP contribution in [-0.2, 0) is 35.8 Å². The van der Waals surface area contributed by atoms with Crippen molar-refractivity contribution in [3.8, 4) is 0 Å². The van der Waals surface area contributed by atoms with E-state index in [-0.39, 0.29) is 28.5 Å². The summed E-state index contributed by atoms with van der Waals surface area (Å²) in [5.74, 6) is -3.32. The Balaban J connectivity index is 1.85. The Bertz CT molecular complexity index is 1380. The van der Waals surface area contributed by atoms with Crippen molar-refractivity contribution in [2.75, 3.05) is 0 Å². The summed E-state index contributed by atoms with van der Waals surface area (Å²) in [5.41, 5.74) is -2.83. The lowest BCUT2D eigenvalue weighted by Gasteiger charge is -2.42. The van der Waals surface area contributed by atoms with Gasteiger partial charge in [0.15, 0.2) is 5.41 Å². The molecule has 1 saturated carbocycles. The Morgan fingerprint density at radius 2 is 1.81 bits per heavy atom. The molecule has 0 N–H and O–H groups in total. The van der Waals surface area contributed by atoms with Crippen molar-refractivity contribution in [1.29, 1.82) is 0 Å². The number of carbonyl (C=O) groups excluding carboxylic acids is 4. The van der Waals surface area contributed by atoms with Crippen LogP contribution in [0.25, 0.3) is 0 Å². The monoisotopic (exact) mass is 643 g/mol. The molecule has 0 saturated heterocycles. The lowest BCUT2D eigenvalue weighted by Crippen LogP contribution is -2.60. The van der Waals surface area contributed by atoms with Crippen molar-refractivity contribution in [1.82, 2.24) is 4.90 Å². The van der Waals surface area contributed by atoms with Gasteiger partial charge in [0.25, 0.3) is 11.8 Å². The van der Waals surface area contributed by atoms with Crippen LogP contribution >= 0.6 is 15.9 Å². The summed E-state index contributed by atoms with van der Waals surface area (Å²) in [6, 6.07) is 10.5. The molecule has 226 valence electrons. The number of hydrogen-bond acceptors (Lipinski definition) is 6. The second kappa shape index (κ2) is 12.3. The summed E-state index contributed by atoms with van der Waals surface area (Å²) in [5, 5.41) is 0. The molecule has 4 unspecified atom stereocenters. The number of fused-ring (bicyclic) bond motifs is 1. The molecular formula is C33H39BrFNO6. The molecule has 0 spiro atoms. The number of halogens is 2. The SMILES string of the molecule is CC1CCC(C(C)C)C(OC(=O)C2(CC(=O)OC(C)(C)C)C(=O)N(Cc3ccc(Br)cc3F)C(=O)c3ccccc32)C1. The summed E-state index contributed by atoms with van der Waals surface area (Å²) >= 11 is 3.22. The van der Waals surface area contributed by atoms with E-state index in [0.717, 1.165) is 17.7 Å². The Morgan fingerprint density at radius 3 is 2.45 bits per heavy atom. The molecule has 4 rings (SSSR count). The molecule has 0 radical (unpaired) electrons. The number of amides is 2. The van der Waals surface area contributed by atoms with Gasteiger partial charge in [0.1, 0.15) is 17.5 Å². The third kappa shape index (κ3) is 6.46. The lowest BCUT2D eigenvalue weighted by atomic mass is 9.70. The van der Waals surface area contributed by atoms with Crippen LogP contribution in [0.2, 0.25) is 0 Å². The minimum Gasteiger partial charge on any atom is -0.461 e. The fourth-order valence-electron chi connectivity index (χ4n) is 6.11. The van der Waals surface area contributed by atoms with Gasteiger partial charge in [-0.1, -0.05) is 67.4 Å². The van der Waals surface area contributed by atoms with E-state index in [0.29, 0.717) is 16.8 Å². The molecule has 0 aromatic heterocycles. The van der Waals surface area contributed by atoms with Crippen LogP contribution in [0.5, 0.6) is 0 Å². The van der Waals surface area contributed by atoms with Crippen molar-refractivity contribution in [3.63, 3.8) is 0 Å². The number of esters is 2. The molecular weight excluding hydrogens is 605 g/mol. The smallest absolute Gasteiger partial charge is 0.327 e. The quantitative estimate of drug-likeness (QED) is 0.188. The highest BCUT2D eigenvalue weighted by Crippen LogP contribution is 2.43. The zero-order valence-corrected chi connectivity index (χ0v) is 26.6. The molecule has 2 amide bonds. The van der Waals surface area contributed by atoms with E-state index >= 15 is 0 Å². The largest absolute Gasteiger partial charge is 0.461 e. The zero-order chi connectivity index (χ0) is 31.0. The van der Waals surface area contributed by atoms with Crippen LogP contribution in [0.15, 0.2) is 46.9 Å². The standard InChI is InChI=1S/C33H39BrFNO6/c1-19(2)23-14-11-20(3)15-27(23)41-31(40)33(17-28(37)42-32(4,5)6)25-10-8-7-9-24(25)29(38)36(30(33)39)18-21-12-13-22(34)16-26(21)35/h7-10,12-13,16,19-20,23,27H,11,14-15,17-18H2,1-6H3. The van der Waals surface area contributed by atoms with Gasteiger partial charge in [-0.05, 0) is 75.1 Å². The molecule has 2 aromatic carbocycles. The third-order valence-electron chi connectivity index (χ3n) is 8.21. The fraction of sp³-hybridized carbons (Fsp3) is 0.515. The average Bonchev–Trinajstić information content (AvgIpc) is 2.89. The van der Waals surface area contributed by atoms with Crippen LogP contribution in [-0.4, -0.2) is 40.4 Å². The van der Waals surface area contributed by atoms with E-state index < -0.39 is 59.7 Å². The van der Waals surface area contributed by atoms with E-state index in [1.165, 1.54) is 24.3 Å². The number of imide groups is 1. The topological polar surface area (TPSA) is 90.0 Å². The van der Waals surface area contributed by atoms with Crippen molar-refractivity contribution in [2.24, 2.45) is 17.8 Å². The van der Waals surface area contributed by atoms with Crippen molar-refractivity contribution in [3.05, 3.63) is 69.4 Å². The molecule has 42 heavy (non-hydrogen) atoms. The predicted octanol–water partition coefficient (Wildman–Crippen LogP) is 6.74. The van der Waals surface area contributed by atoms with E-state index in [4.69, 9.17) is 9.47 Å². The van der Waals surface area contributed by atoms with Gasteiger partial charge in [0.05, 0.1) is 13.0 Å². The summed E-state index contributed by atoms with van der Waals surface area (Å²) in [7, 11) is 0. The van der Waals surface area contributed by atoms with Crippen LogP contribution in [0.4, 0.5) is 4.39 Å². The predicted molar refractivity (Wildman–Crippen MR) is 159 cm³/mol. The van der Waals surface area contributed by atoms with Gasteiger partial charge < -0.3 is 9.47 Å². The number of hydrogen-bond donors (Lipinski definition) is 0. The van der Waals surface area contributed by atoms with Gasteiger partial charge in [-0.25, -0.2) is 4.39 Å². The maximum absolute atomic E-state index is 14.9. The first-order valence-corrected chi connectivity index (χ1v) is 15.3. The second-order valence-electron chi connectivity index (χ2n) is 12.9. The van der Waals surface area contributed by atoms with E-state index in [1.807, 2.05) is 0 Å². The first-order valence-electron chi connectivity index (χ1n) is 14.5. The lowest BCUT2D eigenvalue weighted by molar-refractivity contribution is -0.175. The Kier molecular flexibility index (Phi) is 9.31. The minimum absolute atomic E-state index is 0.0762. The van der Waals surface area contributed by atoms with Crippen LogP contribution in [0.3, 0.4) is 0 Å². The first kappa shape index (κ1) is 31.9. The van der Waals surface area contributed by atoms with Crippen molar-refractivity contribution in [2.45, 2.75) is 90.9 Å². The maximum Gasteiger partial charge on any atom is 0.327 e. The molecule has 4 atom stereocenters. The summed E-state index contributed by atoms with van der Waals surface area (Å²) in [6.07, 6.45) is 1.36. The average molecular weight is 645 g/mol. The van der Waals surface area contributed by atoms with Gasteiger partial charge in [-0.3, -0.25) is 24.1 Å². The van der Waals surface area contributed by atoms with Crippen molar-refractivity contribution >= 4 is 39.7 Å². The zero-order valence-electron chi connectivity index (χ0n) is 25.0. The Hall–Kier alpha value is -3.07. The Labute approximate surface area is 255 Å². The molecule has 9 heteroatoms. The van der Waals surface area contributed by atoms with Crippen molar-refractivity contribution < 1.29 is 33.0 Å². The highest BCUT2D eigenvalue weighted by atomic mass is 79.9. The number of nitrogens with zero attached hydrogens (tertiary/aromatic N) is 1. The summed E-state index contributed by atoms with van der Waals surface area (Å²) < 4.78 is 27.2. The fourth-order valence-corrected chi connectivity index (χ4v) is 6.44. The number of ether oxygens (including phenoxy) is 2. The van der Waals surface area contributed by atoms with Gasteiger partial charge >= 0.3 is 11.9 Å². The van der Waals surface area contributed by atoms with E-state index in [1.54, 1.807) is 39.0 Å². The molecule has 2 aromatic rings. The molecule has 2 aliphatic rings. The highest BCUT2D eigenvalue weighted by molar-refractivity contribution is 9.10. The van der Waals surface area contributed by atoms with Crippen LogP contribution in [0.1, 0.15) is 88.7 Å². The summed E-state index contributed by atoms with van der Waals surface area (Å²) in [6.45, 7) is 10.9. The van der Waals surface area contributed by atoms with E-state index in [9.17, 15) is 23.6 Å². The molecule has 1 aliphatic heterocycles. The number of carbonyl (C=O) groups is 4. The second-order valence-corrected chi connectivity index (χ2v) is 13.8. The molecule has 1 fully saturated rings. The van der Waals surface area contributed by atoms with Gasteiger partial charge in [-0.2, -0.15) is 0 Å². The molecule has 1 aliphatic carbocycles. The molecule has 0 bridgehead atoms.